The fourth-order valence-corrected chi connectivity index (χ4v) is 2.96. The second kappa shape index (κ2) is 6.74. The van der Waals surface area contributed by atoms with Gasteiger partial charge >= 0.3 is 6.18 Å². The third-order valence-corrected chi connectivity index (χ3v) is 4.39. The van der Waals surface area contributed by atoms with Gasteiger partial charge in [-0.1, -0.05) is 60.1 Å². The van der Waals surface area contributed by atoms with Gasteiger partial charge in [0.25, 0.3) is 5.72 Å². The lowest BCUT2D eigenvalue weighted by Crippen LogP contribution is -2.57. The van der Waals surface area contributed by atoms with Crippen LogP contribution in [0.5, 0.6) is 0 Å². The molecule has 0 radical (unpaired) electrons. The molecule has 0 bridgehead atoms. The number of benzene rings is 2. The first kappa shape index (κ1) is 18.4. The molecule has 26 heavy (non-hydrogen) atoms. The third kappa shape index (κ3) is 3.32. The number of hydrogen-bond acceptors (Lipinski definition) is 3. The molecule has 0 saturated heterocycles. The van der Waals surface area contributed by atoms with Gasteiger partial charge in [-0.15, -0.1) is 0 Å². The predicted molar refractivity (Wildman–Crippen MR) is 90.6 cm³/mol. The summed E-state index contributed by atoms with van der Waals surface area (Å²) in [6.07, 6.45) is -6.29. The van der Waals surface area contributed by atoms with E-state index in [9.17, 15) is 23.1 Å². The van der Waals surface area contributed by atoms with Crippen molar-refractivity contribution in [2.45, 2.75) is 24.7 Å². The summed E-state index contributed by atoms with van der Waals surface area (Å²) >= 11 is 6.02. The summed E-state index contributed by atoms with van der Waals surface area (Å²) in [5.41, 5.74) is -2.75. The first-order valence-electron chi connectivity index (χ1n) is 7.71. The molecule has 2 aromatic rings. The summed E-state index contributed by atoms with van der Waals surface area (Å²) in [5.74, 6) is -0.960. The molecule has 0 fully saturated rings. The van der Waals surface area contributed by atoms with Crippen molar-refractivity contribution in [3.05, 3.63) is 70.7 Å². The Kier molecular flexibility index (Phi) is 4.77. The number of amides is 1. The van der Waals surface area contributed by atoms with Crippen LogP contribution in [0.3, 0.4) is 0 Å². The summed E-state index contributed by atoms with van der Waals surface area (Å²) in [5, 5.41) is 14.4. The first-order chi connectivity index (χ1) is 12.2. The van der Waals surface area contributed by atoms with E-state index in [1.165, 1.54) is 12.1 Å². The zero-order chi connectivity index (χ0) is 18.9. The average Bonchev–Trinajstić information content (AvgIpc) is 2.95. The van der Waals surface area contributed by atoms with E-state index < -0.39 is 24.2 Å². The van der Waals surface area contributed by atoms with Crippen molar-refractivity contribution >= 4 is 23.2 Å². The quantitative estimate of drug-likeness (QED) is 0.878. The zero-order valence-corrected chi connectivity index (χ0v) is 14.1. The molecule has 3 rings (SSSR count). The fraction of sp³-hybridized carbons (Fsp3) is 0.222. The SMILES string of the molecule is O=C(Cc1ccccc1)N1N=C(c2ccccc2Cl)CC1(O)C(F)(F)F. The minimum Gasteiger partial charge on any atom is -0.362 e. The van der Waals surface area contributed by atoms with E-state index >= 15 is 0 Å². The topological polar surface area (TPSA) is 52.9 Å². The largest absolute Gasteiger partial charge is 0.438 e. The molecule has 1 heterocycles. The standard InChI is InChI=1S/C18H14ClF3N2O2/c19-14-9-5-4-8-13(14)15-11-17(26,18(20,21)22)24(23-15)16(25)10-12-6-2-1-3-7-12/h1-9,26H,10-11H2. The van der Waals surface area contributed by atoms with Crippen molar-refractivity contribution in [1.82, 2.24) is 5.01 Å². The monoisotopic (exact) mass is 382 g/mol. The number of carbonyl (C=O) groups excluding carboxylic acids is 1. The maximum atomic E-state index is 13.5. The van der Waals surface area contributed by atoms with Crippen molar-refractivity contribution in [2.24, 2.45) is 5.10 Å². The Balaban J connectivity index is 1.98. The van der Waals surface area contributed by atoms with Gasteiger partial charge in [0.05, 0.1) is 18.6 Å². The van der Waals surface area contributed by atoms with Gasteiger partial charge in [-0.05, 0) is 11.6 Å². The van der Waals surface area contributed by atoms with Crippen LogP contribution in [0.15, 0.2) is 59.7 Å². The number of alkyl halides is 3. The summed E-state index contributed by atoms with van der Waals surface area (Å²) in [4.78, 5) is 12.5. The van der Waals surface area contributed by atoms with Crippen LogP contribution in [0.1, 0.15) is 17.5 Å². The minimum atomic E-state index is -5.08. The average molecular weight is 383 g/mol. The lowest BCUT2D eigenvalue weighted by Gasteiger charge is -2.32. The predicted octanol–water partition coefficient (Wildman–Crippen LogP) is 3.77. The molecule has 0 aliphatic carbocycles. The number of hydrazone groups is 1. The molecule has 1 amide bonds. The maximum absolute atomic E-state index is 13.5. The van der Waals surface area contributed by atoms with Gasteiger partial charge in [-0.2, -0.15) is 23.3 Å². The number of aliphatic hydroxyl groups is 1. The molecule has 1 unspecified atom stereocenters. The Bertz CT molecular complexity index is 855. The molecular formula is C18H14ClF3N2O2. The summed E-state index contributed by atoms with van der Waals surface area (Å²) < 4.78 is 40.6. The van der Waals surface area contributed by atoms with E-state index in [1.807, 2.05) is 0 Å². The molecule has 0 saturated carbocycles. The van der Waals surface area contributed by atoms with E-state index in [2.05, 4.69) is 5.10 Å². The van der Waals surface area contributed by atoms with Gasteiger partial charge < -0.3 is 5.11 Å². The molecule has 0 spiro atoms. The van der Waals surface area contributed by atoms with E-state index in [0.717, 1.165) is 0 Å². The van der Waals surface area contributed by atoms with Gasteiger partial charge in [0, 0.05) is 10.6 Å². The Hall–Kier alpha value is -2.38. The van der Waals surface area contributed by atoms with Crippen LogP contribution in [-0.2, 0) is 11.2 Å². The summed E-state index contributed by atoms with van der Waals surface area (Å²) in [7, 11) is 0. The lowest BCUT2D eigenvalue weighted by molar-refractivity contribution is -0.302. The molecule has 2 aromatic carbocycles. The zero-order valence-electron chi connectivity index (χ0n) is 13.4. The molecule has 1 aliphatic rings. The maximum Gasteiger partial charge on any atom is 0.438 e. The summed E-state index contributed by atoms with van der Waals surface area (Å²) in [6.45, 7) is 0. The van der Waals surface area contributed by atoms with Crippen molar-refractivity contribution < 1.29 is 23.1 Å². The first-order valence-corrected chi connectivity index (χ1v) is 8.08. The number of halogens is 4. The number of nitrogens with zero attached hydrogens (tertiary/aromatic N) is 2. The highest BCUT2D eigenvalue weighted by atomic mass is 35.5. The molecule has 8 heteroatoms. The highest BCUT2D eigenvalue weighted by Crippen LogP contribution is 2.42. The Morgan fingerprint density at radius 3 is 2.38 bits per heavy atom. The van der Waals surface area contributed by atoms with Crippen LogP contribution in [0, 0.1) is 0 Å². The van der Waals surface area contributed by atoms with Crippen LogP contribution in [0.2, 0.25) is 5.02 Å². The molecule has 1 N–H and O–H groups in total. The Morgan fingerprint density at radius 1 is 1.15 bits per heavy atom. The van der Waals surface area contributed by atoms with Gasteiger partial charge in [0.1, 0.15) is 0 Å². The smallest absolute Gasteiger partial charge is 0.362 e. The molecule has 1 aliphatic heterocycles. The summed E-state index contributed by atoms with van der Waals surface area (Å²) in [6, 6.07) is 14.5. The number of carbonyl (C=O) groups is 1. The van der Waals surface area contributed by atoms with Crippen LogP contribution in [-0.4, -0.2) is 33.6 Å². The fourth-order valence-electron chi connectivity index (χ4n) is 2.72. The molecule has 1 atom stereocenters. The molecular weight excluding hydrogens is 369 g/mol. The van der Waals surface area contributed by atoms with E-state index in [1.54, 1.807) is 42.5 Å². The van der Waals surface area contributed by atoms with Gasteiger partial charge in [0.2, 0.25) is 5.91 Å². The number of hydrogen-bond donors (Lipinski definition) is 1. The van der Waals surface area contributed by atoms with Crippen molar-refractivity contribution in [3.8, 4) is 0 Å². The highest BCUT2D eigenvalue weighted by molar-refractivity contribution is 6.34. The van der Waals surface area contributed by atoms with Crippen LogP contribution >= 0.6 is 11.6 Å². The highest BCUT2D eigenvalue weighted by Gasteiger charge is 2.63. The van der Waals surface area contributed by atoms with E-state index in [-0.39, 0.29) is 27.7 Å². The normalized spacial score (nSPS) is 20.2. The van der Waals surface area contributed by atoms with Gasteiger partial charge in [0.15, 0.2) is 0 Å². The van der Waals surface area contributed by atoms with E-state index in [4.69, 9.17) is 11.6 Å². The van der Waals surface area contributed by atoms with Crippen molar-refractivity contribution in [3.63, 3.8) is 0 Å². The lowest BCUT2D eigenvalue weighted by atomic mass is 10.0. The van der Waals surface area contributed by atoms with Crippen molar-refractivity contribution in [2.75, 3.05) is 0 Å². The van der Waals surface area contributed by atoms with E-state index in [0.29, 0.717) is 5.56 Å². The van der Waals surface area contributed by atoms with Crippen molar-refractivity contribution in [1.29, 1.82) is 0 Å². The Labute approximate surface area is 152 Å². The third-order valence-electron chi connectivity index (χ3n) is 4.06. The molecule has 4 nitrogen and oxygen atoms in total. The van der Waals surface area contributed by atoms with Gasteiger partial charge in [-0.3, -0.25) is 4.79 Å². The van der Waals surface area contributed by atoms with Crippen LogP contribution in [0.25, 0.3) is 0 Å². The van der Waals surface area contributed by atoms with Gasteiger partial charge in [-0.25, -0.2) is 0 Å². The second-order valence-electron chi connectivity index (χ2n) is 5.89. The minimum absolute atomic E-state index is 0.100. The van der Waals surface area contributed by atoms with Crippen LogP contribution < -0.4 is 0 Å². The molecule has 136 valence electrons. The Morgan fingerprint density at radius 2 is 1.77 bits per heavy atom. The number of rotatable bonds is 3. The second-order valence-corrected chi connectivity index (χ2v) is 6.29. The van der Waals surface area contributed by atoms with Crippen LogP contribution in [0.4, 0.5) is 13.2 Å². The molecule has 0 aromatic heterocycles.